The molecule has 10 nitrogen and oxygen atoms in total. The Morgan fingerprint density at radius 1 is 1.39 bits per heavy atom. The zero-order valence-electron chi connectivity index (χ0n) is 15.4. The van der Waals surface area contributed by atoms with Crippen LogP contribution in [0, 0.1) is 21.4 Å². The van der Waals surface area contributed by atoms with Crippen LogP contribution in [0.2, 0.25) is 0 Å². The molecule has 0 radical (unpaired) electrons. The maximum absolute atomic E-state index is 12.3. The van der Waals surface area contributed by atoms with E-state index in [1.165, 1.54) is 11.0 Å². The summed E-state index contributed by atoms with van der Waals surface area (Å²) in [5.74, 6) is -2.01. The molecule has 0 spiro atoms. The molecule has 148 valence electrons. The summed E-state index contributed by atoms with van der Waals surface area (Å²) in [4.78, 5) is 35.6. The molecule has 1 aromatic rings. The number of nitrogens with zero attached hydrogens (tertiary/aromatic N) is 3. The lowest BCUT2D eigenvalue weighted by Gasteiger charge is -2.17. The number of phenolic OH excluding ortho intramolecular Hbond substituents is 1. The molecule has 0 fully saturated rings. The molecule has 1 amide bonds. The summed E-state index contributed by atoms with van der Waals surface area (Å²) in [5, 5.41) is 30.4. The van der Waals surface area contributed by atoms with Crippen LogP contribution in [0.5, 0.6) is 11.5 Å². The summed E-state index contributed by atoms with van der Waals surface area (Å²) in [7, 11) is 0. The van der Waals surface area contributed by atoms with E-state index in [2.05, 4.69) is 11.3 Å². The third-order valence-corrected chi connectivity index (χ3v) is 3.50. The Morgan fingerprint density at radius 3 is 2.54 bits per heavy atom. The van der Waals surface area contributed by atoms with Crippen LogP contribution in [0.1, 0.15) is 19.4 Å². The van der Waals surface area contributed by atoms with Crippen molar-refractivity contribution in [1.29, 1.82) is 5.26 Å². The molecular weight excluding hydrogens is 370 g/mol. The molecule has 0 unspecified atom stereocenters. The first kappa shape index (κ1) is 22.2. The maximum atomic E-state index is 12.3. The van der Waals surface area contributed by atoms with E-state index in [0.717, 1.165) is 18.2 Å². The smallest absolute Gasteiger partial charge is 0.499 e. The summed E-state index contributed by atoms with van der Waals surface area (Å²) < 4.78 is 9.38. The number of carbonyl (C=O) groups is 2. The molecule has 0 saturated carbocycles. The van der Waals surface area contributed by atoms with Gasteiger partial charge in [0, 0.05) is 19.2 Å². The zero-order valence-corrected chi connectivity index (χ0v) is 15.4. The predicted molar refractivity (Wildman–Crippen MR) is 98.5 cm³/mol. The fourth-order valence-corrected chi connectivity index (χ4v) is 2.15. The highest BCUT2D eigenvalue weighted by molar-refractivity contribution is 6.01. The van der Waals surface area contributed by atoms with E-state index in [9.17, 15) is 30.1 Å². The molecule has 0 aliphatic heterocycles. The molecule has 0 atom stereocenters. The van der Waals surface area contributed by atoms with Crippen molar-refractivity contribution in [3.8, 4) is 17.6 Å². The number of nitro benzene ring substituents is 1. The van der Waals surface area contributed by atoms with Gasteiger partial charge in [-0.05, 0) is 31.6 Å². The minimum atomic E-state index is -1.22. The average molecular weight is 389 g/mol. The number of phenols is 1. The Hall–Kier alpha value is -3.87. The second-order valence-corrected chi connectivity index (χ2v) is 5.24. The Labute approximate surface area is 161 Å². The highest BCUT2D eigenvalue weighted by Gasteiger charge is 2.23. The number of benzene rings is 1. The van der Waals surface area contributed by atoms with Crippen molar-refractivity contribution in [3.05, 3.63) is 46.0 Å². The van der Waals surface area contributed by atoms with Gasteiger partial charge in [-0.2, -0.15) is 5.26 Å². The molecule has 28 heavy (non-hydrogen) atoms. The van der Waals surface area contributed by atoms with Crippen LogP contribution in [0.15, 0.2) is 30.4 Å². The Bertz CT molecular complexity index is 851. The summed E-state index contributed by atoms with van der Waals surface area (Å²) in [6, 6.07) is 3.77. The summed E-state index contributed by atoms with van der Waals surface area (Å²) in [6.45, 7) is 7.40. The first-order valence-corrected chi connectivity index (χ1v) is 8.16. The van der Waals surface area contributed by atoms with Crippen LogP contribution < -0.4 is 4.74 Å². The number of rotatable bonds is 8. The molecule has 0 bridgehead atoms. The van der Waals surface area contributed by atoms with Gasteiger partial charge < -0.3 is 19.5 Å². The van der Waals surface area contributed by atoms with E-state index in [1.54, 1.807) is 19.9 Å². The molecule has 0 aromatic heterocycles. The number of amides is 1. The van der Waals surface area contributed by atoms with Crippen LogP contribution in [0.4, 0.5) is 10.5 Å². The number of aromatic hydroxyl groups is 1. The highest BCUT2D eigenvalue weighted by atomic mass is 16.7. The first-order valence-electron chi connectivity index (χ1n) is 8.16. The second-order valence-electron chi connectivity index (χ2n) is 5.24. The molecule has 0 saturated heterocycles. The topological polar surface area (TPSA) is 143 Å². The normalized spacial score (nSPS) is 10.5. The van der Waals surface area contributed by atoms with Crippen molar-refractivity contribution in [2.75, 3.05) is 19.7 Å². The van der Waals surface area contributed by atoms with Gasteiger partial charge in [-0.15, -0.1) is 0 Å². The highest BCUT2D eigenvalue weighted by Crippen LogP contribution is 2.38. The zero-order chi connectivity index (χ0) is 21.3. The van der Waals surface area contributed by atoms with E-state index in [-0.39, 0.29) is 17.7 Å². The lowest BCUT2D eigenvalue weighted by Crippen LogP contribution is -2.31. The van der Waals surface area contributed by atoms with Gasteiger partial charge in [0.2, 0.25) is 5.75 Å². The van der Waals surface area contributed by atoms with Crippen LogP contribution in [-0.2, 0) is 9.53 Å². The Morgan fingerprint density at radius 2 is 2.04 bits per heavy atom. The minimum absolute atomic E-state index is 0.00748. The van der Waals surface area contributed by atoms with Crippen LogP contribution in [0.25, 0.3) is 6.08 Å². The molecule has 1 N–H and O–H groups in total. The number of hydrogen-bond acceptors (Lipinski definition) is 8. The number of nitro groups is 1. The fourth-order valence-electron chi connectivity index (χ4n) is 2.15. The van der Waals surface area contributed by atoms with Gasteiger partial charge in [0.1, 0.15) is 18.2 Å². The lowest BCUT2D eigenvalue weighted by molar-refractivity contribution is -0.385. The molecule has 0 aliphatic carbocycles. The van der Waals surface area contributed by atoms with Crippen LogP contribution >= 0.6 is 0 Å². The van der Waals surface area contributed by atoms with Gasteiger partial charge in [-0.3, -0.25) is 14.9 Å². The van der Waals surface area contributed by atoms with E-state index >= 15 is 0 Å². The standard InChI is InChI=1S/C18H19N3O7/c1-4-7-27-18(24)28-15-10-12(9-14(16(15)22)21(25)26)8-13(11-19)17(23)20(5-2)6-3/h4,8-10,22H,1,5-7H2,2-3H3. The summed E-state index contributed by atoms with van der Waals surface area (Å²) in [5.41, 5.74) is -1.04. The van der Waals surface area contributed by atoms with Gasteiger partial charge in [-0.1, -0.05) is 12.7 Å². The number of hydrogen-bond donors (Lipinski definition) is 1. The van der Waals surface area contributed by atoms with E-state index in [1.807, 2.05) is 0 Å². The van der Waals surface area contributed by atoms with Crippen molar-refractivity contribution in [1.82, 2.24) is 4.90 Å². The third-order valence-electron chi connectivity index (χ3n) is 3.50. The quantitative estimate of drug-likeness (QED) is 0.136. The van der Waals surface area contributed by atoms with Crippen LogP contribution in [-0.4, -0.2) is 46.7 Å². The fraction of sp³-hybridized carbons (Fsp3) is 0.278. The number of nitriles is 1. The molecule has 0 heterocycles. The van der Waals surface area contributed by atoms with Gasteiger partial charge in [-0.25, -0.2) is 4.79 Å². The first-order chi connectivity index (χ1) is 13.3. The van der Waals surface area contributed by atoms with Crippen molar-refractivity contribution >= 4 is 23.8 Å². The average Bonchev–Trinajstić information content (AvgIpc) is 2.67. The SMILES string of the molecule is C=CCOC(=O)Oc1cc(C=C(C#N)C(=O)N(CC)CC)cc([N+](=O)[O-])c1O. The van der Waals surface area contributed by atoms with Crippen molar-refractivity contribution in [3.63, 3.8) is 0 Å². The molecular formula is C18H19N3O7. The Kier molecular flexibility index (Phi) is 8.17. The maximum Gasteiger partial charge on any atom is 0.514 e. The van der Waals surface area contributed by atoms with E-state index in [0.29, 0.717) is 13.1 Å². The number of likely N-dealkylation sites (N-methyl/N-ethyl adjacent to an activating group) is 1. The summed E-state index contributed by atoms with van der Waals surface area (Å²) >= 11 is 0. The third kappa shape index (κ3) is 5.57. The van der Waals surface area contributed by atoms with Crippen molar-refractivity contribution in [2.45, 2.75) is 13.8 Å². The van der Waals surface area contributed by atoms with Gasteiger partial charge in [0.15, 0.2) is 5.75 Å². The van der Waals surface area contributed by atoms with Gasteiger partial charge >= 0.3 is 11.8 Å². The van der Waals surface area contributed by atoms with Gasteiger partial charge in [0.25, 0.3) is 5.91 Å². The lowest BCUT2D eigenvalue weighted by atomic mass is 10.1. The largest absolute Gasteiger partial charge is 0.514 e. The monoisotopic (exact) mass is 389 g/mol. The molecule has 0 aliphatic rings. The summed E-state index contributed by atoms with van der Waals surface area (Å²) in [6.07, 6.45) is 1.17. The number of ether oxygens (including phenoxy) is 2. The minimum Gasteiger partial charge on any atom is -0.499 e. The number of carbonyl (C=O) groups excluding carboxylic acids is 2. The molecule has 10 heteroatoms. The van der Waals surface area contributed by atoms with Crippen molar-refractivity contribution in [2.24, 2.45) is 0 Å². The predicted octanol–water partition coefficient (Wildman–Crippen LogP) is 2.78. The second kappa shape index (κ2) is 10.3. The molecule has 1 rings (SSSR count). The molecule has 1 aromatic carbocycles. The Balaban J connectivity index is 3.40. The van der Waals surface area contributed by atoms with Crippen molar-refractivity contribution < 1.29 is 29.1 Å². The van der Waals surface area contributed by atoms with Crippen LogP contribution in [0.3, 0.4) is 0 Å². The van der Waals surface area contributed by atoms with Gasteiger partial charge in [0.05, 0.1) is 4.92 Å². The van der Waals surface area contributed by atoms with E-state index in [4.69, 9.17) is 4.74 Å². The van der Waals surface area contributed by atoms with E-state index < -0.39 is 34.2 Å².